The first-order chi connectivity index (χ1) is 12.8. The minimum Gasteiger partial charge on any atom is -0.492 e. The Morgan fingerprint density at radius 3 is 2.59 bits per heavy atom. The zero-order chi connectivity index (χ0) is 20.0. The zero-order valence-corrected chi connectivity index (χ0v) is 16.7. The summed E-state index contributed by atoms with van der Waals surface area (Å²) in [4.78, 5) is 29.6. The molecule has 0 atom stereocenters. The highest BCUT2D eigenvalue weighted by Crippen LogP contribution is 2.20. The maximum absolute atomic E-state index is 12.7. The molecule has 0 saturated carbocycles. The fourth-order valence-corrected chi connectivity index (χ4v) is 3.00. The molecule has 0 spiro atoms. The quantitative estimate of drug-likeness (QED) is 0.540. The maximum atomic E-state index is 12.7. The number of esters is 1. The lowest BCUT2D eigenvalue weighted by Gasteiger charge is -2.16. The van der Waals surface area contributed by atoms with E-state index in [4.69, 9.17) is 9.47 Å². The van der Waals surface area contributed by atoms with Crippen LogP contribution in [0.4, 0.5) is 0 Å². The van der Waals surface area contributed by atoms with Crippen LogP contribution >= 0.6 is 0 Å². The van der Waals surface area contributed by atoms with Crippen LogP contribution in [0.5, 0.6) is 5.75 Å². The van der Waals surface area contributed by atoms with Crippen LogP contribution in [0.1, 0.15) is 44.6 Å². The van der Waals surface area contributed by atoms with Gasteiger partial charge in [0.1, 0.15) is 18.1 Å². The Kier molecular flexibility index (Phi) is 7.19. The molecule has 1 N–H and O–H groups in total. The Morgan fingerprint density at radius 2 is 1.93 bits per heavy atom. The maximum Gasteiger partial charge on any atom is 0.355 e. The van der Waals surface area contributed by atoms with E-state index in [9.17, 15) is 9.59 Å². The average molecular weight is 372 g/mol. The zero-order valence-electron chi connectivity index (χ0n) is 16.7. The summed E-state index contributed by atoms with van der Waals surface area (Å²) in [5.74, 6) is 0.359. The summed E-state index contributed by atoms with van der Waals surface area (Å²) in [5.41, 5.74) is 3.38. The number of nitrogens with zero attached hydrogens (tertiary/aromatic N) is 1. The monoisotopic (exact) mass is 372 g/mol. The van der Waals surface area contributed by atoms with Gasteiger partial charge in [-0.25, -0.2) is 4.79 Å². The third-order valence-corrected chi connectivity index (χ3v) is 4.34. The SMILES string of the molecule is CCOC(=O)c1[nH]c(C)c(C(=O)CN(C)CCOc2cccc(C)c2)c1C. The van der Waals surface area contributed by atoms with Crippen molar-refractivity contribution < 1.29 is 19.1 Å². The molecule has 0 aliphatic carbocycles. The van der Waals surface area contributed by atoms with Crippen molar-refractivity contribution in [2.24, 2.45) is 0 Å². The number of benzene rings is 1. The highest BCUT2D eigenvalue weighted by atomic mass is 16.5. The Hall–Kier alpha value is -2.60. The van der Waals surface area contributed by atoms with Crippen molar-refractivity contribution >= 4 is 11.8 Å². The number of Topliss-reactive ketones (excluding diaryl/α,β-unsaturated/α-hetero) is 1. The molecule has 0 radical (unpaired) electrons. The molecule has 0 fully saturated rings. The van der Waals surface area contributed by atoms with E-state index >= 15 is 0 Å². The first-order valence-corrected chi connectivity index (χ1v) is 9.11. The predicted molar refractivity (Wildman–Crippen MR) is 105 cm³/mol. The summed E-state index contributed by atoms with van der Waals surface area (Å²) in [6.07, 6.45) is 0. The van der Waals surface area contributed by atoms with Gasteiger partial charge in [0.2, 0.25) is 0 Å². The molecule has 27 heavy (non-hydrogen) atoms. The van der Waals surface area contributed by atoms with Crippen LogP contribution in [-0.2, 0) is 4.74 Å². The number of hydrogen-bond acceptors (Lipinski definition) is 5. The number of ketones is 1. The second-order valence-corrected chi connectivity index (χ2v) is 6.67. The second-order valence-electron chi connectivity index (χ2n) is 6.67. The molecular formula is C21H28N2O4. The Bertz CT molecular complexity index is 811. The molecule has 0 amide bonds. The van der Waals surface area contributed by atoms with Gasteiger partial charge in [0, 0.05) is 17.8 Å². The second kappa shape index (κ2) is 9.37. The van der Waals surface area contributed by atoms with Crippen LogP contribution in [-0.4, -0.2) is 55.0 Å². The summed E-state index contributed by atoms with van der Waals surface area (Å²) in [5, 5.41) is 0. The van der Waals surface area contributed by atoms with Crippen molar-refractivity contribution in [3.8, 4) is 5.75 Å². The number of likely N-dealkylation sites (N-methyl/N-ethyl adjacent to an activating group) is 1. The number of H-pyrrole nitrogens is 1. The first kappa shape index (κ1) is 20.7. The molecule has 0 aliphatic heterocycles. The van der Waals surface area contributed by atoms with Gasteiger partial charge in [-0.1, -0.05) is 12.1 Å². The Balaban J connectivity index is 1.93. The van der Waals surface area contributed by atoms with Crippen molar-refractivity contribution in [3.63, 3.8) is 0 Å². The van der Waals surface area contributed by atoms with Crippen LogP contribution in [0.2, 0.25) is 0 Å². The summed E-state index contributed by atoms with van der Waals surface area (Å²) < 4.78 is 10.8. The van der Waals surface area contributed by atoms with Crippen molar-refractivity contribution in [3.05, 3.63) is 52.3 Å². The fourth-order valence-electron chi connectivity index (χ4n) is 3.00. The third kappa shape index (κ3) is 5.44. The summed E-state index contributed by atoms with van der Waals surface area (Å²) in [6.45, 7) is 8.99. The molecule has 2 rings (SSSR count). The number of ether oxygens (including phenoxy) is 2. The lowest BCUT2D eigenvalue weighted by molar-refractivity contribution is 0.0519. The van der Waals surface area contributed by atoms with Gasteiger partial charge < -0.3 is 14.5 Å². The van der Waals surface area contributed by atoms with Crippen LogP contribution in [0, 0.1) is 20.8 Å². The molecule has 2 aromatic rings. The highest BCUT2D eigenvalue weighted by molar-refractivity contribution is 6.03. The molecule has 146 valence electrons. The molecule has 0 saturated heterocycles. The van der Waals surface area contributed by atoms with Crippen molar-refractivity contribution in [1.82, 2.24) is 9.88 Å². The molecule has 0 unspecified atom stereocenters. The van der Waals surface area contributed by atoms with Crippen LogP contribution in [0.25, 0.3) is 0 Å². The number of aryl methyl sites for hydroxylation is 2. The summed E-state index contributed by atoms with van der Waals surface area (Å²) in [6, 6.07) is 7.87. The summed E-state index contributed by atoms with van der Waals surface area (Å²) >= 11 is 0. The van der Waals surface area contributed by atoms with E-state index in [2.05, 4.69) is 4.98 Å². The van der Waals surface area contributed by atoms with Crippen molar-refractivity contribution in [2.45, 2.75) is 27.7 Å². The summed E-state index contributed by atoms with van der Waals surface area (Å²) in [7, 11) is 1.88. The largest absolute Gasteiger partial charge is 0.492 e. The molecule has 1 aromatic carbocycles. The van der Waals surface area contributed by atoms with E-state index in [0.29, 0.717) is 42.3 Å². The fraction of sp³-hybridized carbons (Fsp3) is 0.429. The minimum absolute atomic E-state index is 0.0325. The van der Waals surface area contributed by atoms with Gasteiger partial charge in [-0.3, -0.25) is 9.69 Å². The standard InChI is InChI=1S/C21H28N2O4/c1-6-26-21(25)20-15(3)19(16(4)22-20)18(24)13-23(5)10-11-27-17-9-7-8-14(2)12-17/h7-9,12,22H,6,10-11,13H2,1-5H3. The number of hydrogen-bond donors (Lipinski definition) is 1. The van der Waals surface area contributed by atoms with E-state index in [1.165, 1.54) is 0 Å². The predicted octanol–water partition coefficient (Wildman–Crippen LogP) is 3.31. The normalized spacial score (nSPS) is 10.9. The lowest BCUT2D eigenvalue weighted by atomic mass is 10.1. The molecule has 6 heteroatoms. The van der Waals surface area contributed by atoms with E-state index in [0.717, 1.165) is 11.3 Å². The van der Waals surface area contributed by atoms with Crippen molar-refractivity contribution in [2.75, 3.05) is 33.4 Å². The number of aromatic nitrogens is 1. The first-order valence-electron chi connectivity index (χ1n) is 9.11. The van der Waals surface area contributed by atoms with Crippen LogP contribution in [0.3, 0.4) is 0 Å². The highest BCUT2D eigenvalue weighted by Gasteiger charge is 2.23. The number of aromatic amines is 1. The van der Waals surface area contributed by atoms with Crippen molar-refractivity contribution in [1.29, 1.82) is 0 Å². The average Bonchev–Trinajstić information content (AvgIpc) is 2.89. The molecule has 6 nitrogen and oxygen atoms in total. The number of rotatable bonds is 9. The molecule has 0 bridgehead atoms. The van der Waals surface area contributed by atoms with Crippen LogP contribution in [0.15, 0.2) is 24.3 Å². The van der Waals surface area contributed by atoms with E-state index < -0.39 is 5.97 Å². The number of nitrogens with one attached hydrogen (secondary N) is 1. The topological polar surface area (TPSA) is 71.6 Å². The van der Waals surface area contributed by atoms with Gasteiger partial charge >= 0.3 is 5.97 Å². The molecule has 1 heterocycles. The molecular weight excluding hydrogens is 344 g/mol. The number of carbonyl (C=O) groups excluding carboxylic acids is 2. The van der Waals surface area contributed by atoms with Gasteiger partial charge in [0.25, 0.3) is 0 Å². The van der Waals surface area contributed by atoms with Gasteiger partial charge in [-0.15, -0.1) is 0 Å². The van der Waals surface area contributed by atoms with E-state index in [-0.39, 0.29) is 12.3 Å². The van der Waals surface area contributed by atoms with E-state index in [1.54, 1.807) is 20.8 Å². The third-order valence-electron chi connectivity index (χ3n) is 4.34. The van der Waals surface area contributed by atoms with Gasteiger partial charge in [0.05, 0.1) is 13.2 Å². The van der Waals surface area contributed by atoms with E-state index in [1.807, 2.05) is 43.1 Å². The molecule has 0 aliphatic rings. The smallest absolute Gasteiger partial charge is 0.355 e. The Labute approximate surface area is 160 Å². The van der Waals surface area contributed by atoms with Crippen LogP contribution < -0.4 is 4.74 Å². The Morgan fingerprint density at radius 1 is 1.19 bits per heavy atom. The lowest BCUT2D eigenvalue weighted by Crippen LogP contribution is -2.30. The van der Waals surface area contributed by atoms with Gasteiger partial charge in [-0.2, -0.15) is 0 Å². The molecule has 1 aromatic heterocycles. The minimum atomic E-state index is -0.433. The van der Waals surface area contributed by atoms with Gasteiger partial charge in [-0.05, 0) is 58.0 Å². The number of carbonyl (C=O) groups is 2. The van der Waals surface area contributed by atoms with Gasteiger partial charge in [0.15, 0.2) is 5.78 Å².